The van der Waals surface area contributed by atoms with Crippen LogP contribution in [0.25, 0.3) is 0 Å². The number of hydrogen-bond acceptors (Lipinski definition) is 2. The summed E-state index contributed by atoms with van der Waals surface area (Å²) in [6.07, 6.45) is 0. The van der Waals surface area contributed by atoms with Gasteiger partial charge in [-0.25, -0.2) is 18.0 Å². The second-order valence-corrected chi connectivity index (χ2v) is 4.08. The number of benzene rings is 2. The molecule has 1 atom stereocenters. The molecule has 6 heteroatoms. The van der Waals surface area contributed by atoms with Crippen LogP contribution in [0.15, 0.2) is 42.5 Å². The van der Waals surface area contributed by atoms with Crippen molar-refractivity contribution in [2.45, 2.75) is 6.04 Å². The SMILES string of the molecule is O=C(O)C(Nc1cc(F)cc(F)c1F)c1ccccc1. The van der Waals surface area contributed by atoms with E-state index in [1.54, 1.807) is 18.2 Å². The summed E-state index contributed by atoms with van der Waals surface area (Å²) in [5.74, 6) is -5.00. The Morgan fingerprint density at radius 1 is 1.10 bits per heavy atom. The van der Waals surface area contributed by atoms with Crippen molar-refractivity contribution in [1.82, 2.24) is 0 Å². The van der Waals surface area contributed by atoms with E-state index in [4.69, 9.17) is 5.11 Å². The summed E-state index contributed by atoms with van der Waals surface area (Å²) in [4.78, 5) is 11.2. The van der Waals surface area contributed by atoms with Crippen LogP contribution in [0.1, 0.15) is 11.6 Å². The van der Waals surface area contributed by atoms with Crippen LogP contribution in [0.5, 0.6) is 0 Å². The Hall–Kier alpha value is -2.50. The summed E-state index contributed by atoms with van der Waals surface area (Å²) in [7, 11) is 0. The first kappa shape index (κ1) is 13.9. The van der Waals surface area contributed by atoms with Gasteiger partial charge in [-0.3, -0.25) is 0 Å². The third-order valence-corrected chi connectivity index (χ3v) is 2.67. The third-order valence-electron chi connectivity index (χ3n) is 2.67. The Morgan fingerprint density at radius 2 is 1.75 bits per heavy atom. The lowest BCUT2D eigenvalue weighted by Gasteiger charge is -2.16. The summed E-state index contributed by atoms with van der Waals surface area (Å²) in [6.45, 7) is 0. The van der Waals surface area contributed by atoms with E-state index in [2.05, 4.69) is 5.32 Å². The second kappa shape index (κ2) is 5.64. The van der Waals surface area contributed by atoms with Gasteiger partial charge in [0.1, 0.15) is 5.82 Å². The molecule has 0 bridgehead atoms. The van der Waals surface area contributed by atoms with Crippen LogP contribution >= 0.6 is 0 Å². The molecule has 0 aromatic heterocycles. The average molecular weight is 281 g/mol. The molecule has 104 valence electrons. The molecule has 2 aromatic carbocycles. The normalized spacial score (nSPS) is 11.9. The molecule has 0 saturated heterocycles. The number of nitrogens with one attached hydrogen (secondary N) is 1. The van der Waals surface area contributed by atoms with Gasteiger partial charge in [-0.1, -0.05) is 30.3 Å². The van der Waals surface area contributed by atoms with Crippen LogP contribution < -0.4 is 5.32 Å². The van der Waals surface area contributed by atoms with Crippen LogP contribution in [-0.2, 0) is 4.79 Å². The van der Waals surface area contributed by atoms with Gasteiger partial charge in [0.2, 0.25) is 0 Å². The Morgan fingerprint density at radius 3 is 2.35 bits per heavy atom. The third kappa shape index (κ3) is 2.90. The summed E-state index contributed by atoms with van der Waals surface area (Å²) < 4.78 is 39.7. The first-order chi connectivity index (χ1) is 9.49. The van der Waals surface area contributed by atoms with Gasteiger partial charge in [-0.05, 0) is 5.56 Å². The molecule has 2 rings (SSSR count). The fourth-order valence-corrected chi connectivity index (χ4v) is 1.75. The maximum Gasteiger partial charge on any atom is 0.330 e. The molecule has 0 heterocycles. The monoisotopic (exact) mass is 281 g/mol. The van der Waals surface area contributed by atoms with Crippen molar-refractivity contribution in [2.24, 2.45) is 0 Å². The van der Waals surface area contributed by atoms with Gasteiger partial charge >= 0.3 is 5.97 Å². The van der Waals surface area contributed by atoms with E-state index < -0.39 is 35.2 Å². The fourth-order valence-electron chi connectivity index (χ4n) is 1.75. The van der Waals surface area contributed by atoms with Gasteiger partial charge in [0.15, 0.2) is 17.7 Å². The van der Waals surface area contributed by atoms with Crippen molar-refractivity contribution >= 4 is 11.7 Å². The van der Waals surface area contributed by atoms with E-state index in [0.29, 0.717) is 17.7 Å². The topological polar surface area (TPSA) is 49.3 Å². The lowest BCUT2D eigenvalue weighted by atomic mass is 10.1. The first-order valence-electron chi connectivity index (χ1n) is 5.68. The standard InChI is InChI=1S/C14H10F3NO2/c15-9-6-10(16)12(17)11(7-9)18-13(14(19)20)8-4-2-1-3-5-8/h1-7,13,18H,(H,19,20). The van der Waals surface area contributed by atoms with Crippen molar-refractivity contribution in [3.8, 4) is 0 Å². The van der Waals surface area contributed by atoms with Gasteiger partial charge in [0, 0.05) is 12.1 Å². The molecule has 0 fully saturated rings. The molecule has 0 amide bonds. The number of carbonyl (C=O) groups is 1. The van der Waals surface area contributed by atoms with Crippen molar-refractivity contribution < 1.29 is 23.1 Å². The molecule has 2 N–H and O–H groups in total. The molecular formula is C14H10F3NO2. The zero-order valence-electron chi connectivity index (χ0n) is 10.1. The zero-order chi connectivity index (χ0) is 14.7. The number of rotatable bonds is 4. The fraction of sp³-hybridized carbons (Fsp3) is 0.0714. The number of carboxylic acid groups (broad SMARTS) is 1. The van der Waals surface area contributed by atoms with Crippen molar-refractivity contribution in [1.29, 1.82) is 0 Å². The lowest BCUT2D eigenvalue weighted by Crippen LogP contribution is -2.21. The maximum absolute atomic E-state index is 13.5. The Labute approximate surface area is 112 Å². The molecule has 2 aromatic rings. The van der Waals surface area contributed by atoms with Crippen LogP contribution in [0.3, 0.4) is 0 Å². The number of carboxylic acids is 1. The van der Waals surface area contributed by atoms with E-state index in [1.165, 1.54) is 12.1 Å². The Kier molecular flexibility index (Phi) is 3.93. The molecule has 0 aliphatic carbocycles. The minimum atomic E-state index is -1.38. The van der Waals surface area contributed by atoms with E-state index >= 15 is 0 Å². The van der Waals surface area contributed by atoms with Gasteiger partial charge in [-0.15, -0.1) is 0 Å². The Balaban J connectivity index is 2.37. The summed E-state index contributed by atoms with van der Waals surface area (Å²) in [5.41, 5.74) is -0.206. The predicted octanol–water partition coefficient (Wildman–Crippen LogP) is 3.34. The van der Waals surface area contributed by atoms with Gasteiger partial charge in [0.05, 0.1) is 5.69 Å². The second-order valence-electron chi connectivity index (χ2n) is 4.08. The van der Waals surface area contributed by atoms with E-state index in [0.717, 1.165) is 0 Å². The summed E-state index contributed by atoms with van der Waals surface area (Å²) in [5, 5.41) is 11.4. The molecule has 0 saturated carbocycles. The van der Waals surface area contributed by atoms with Crippen molar-refractivity contribution in [3.05, 3.63) is 65.5 Å². The molecule has 0 aliphatic heterocycles. The number of anilines is 1. The molecule has 3 nitrogen and oxygen atoms in total. The van der Waals surface area contributed by atoms with Crippen LogP contribution in [0.2, 0.25) is 0 Å². The highest BCUT2D eigenvalue weighted by Crippen LogP contribution is 2.24. The summed E-state index contributed by atoms with van der Waals surface area (Å²) in [6, 6.07) is 7.71. The predicted molar refractivity (Wildman–Crippen MR) is 66.8 cm³/mol. The molecule has 1 unspecified atom stereocenters. The quantitative estimate of drug-likeness (QED) is 0.845. The van der Waals surface area contributed by atoms with Crippen molar-refractivity contribution in [2.75, 3.05) is 5.32 Å². The van der Waals surface area contributed by atoms with Gasteiger partial charge < -0.3 is 10.4 Å². The van der Waals surface area contributed by atoms with Gasteiger partial charge in [-0.2, -0.15) is 0 Å². The summed E-state index contributed by atoms with van der Waals surface area (Å²) >= 11 is 0. The average Bonchev–Trinajstić information content (AvgIpc) is 2.41. The largest absolute Gasteiger partial charge is 0.479 e. The zero-order valence-corrected chi connectivity index (χ0v) is 10.1. The van der Waals surface area contributed by atoms with Crippen LogP contribution in [0.4, 0.5) is 18.9 Å². The highest BCUT2D eigenvalue weighted by atomic mass is 19.2. The number of hydrogen-bond donors (Lipinski definition) is 2. The molecule has 0 spiro atoms. The Bertz CT molecular complexity index is 632. The van der Waals surface area contributed by atoms with Crippen LogP contribution in [0, 0.1) is 17.5 Å². The number of aliphatic carboxylic acids is 1. The first-order valence-corrected chi connectivity index (χ1v) is 5.68. The van der Waals surface area contributed by atoms with Crippen LogP contribution in [-0.4, -0.2) is 11.1 Å². The lowest BCUT2D eigenvalue weighted by molar-refractivity contribution is -0.138. The molecule has 0 radical (unpaired) electrons. The van der Waals surface area contributed by atoms with E-state index in [9.17, 15) is 18.0 Å². The molecule has 20 heavy (non-hydrogen) atoms. The minimum absolute atomic E-state index is 0.337. The van der Waals surface area contributed by atoms with Gasteiger partial charge in [0.25, 0.3) is 0 Å². The molecule has 0 aliphatic rings. The highest BCUT2D eigenvalue weighted by molar-refractivity contribution is 5.79. The minimum Gasteiger partial charge on any atom is -0.479 e. The highest BCUT2D eigenvalue weighted by Gasteiger charge is 2.22. The maximum atomic E-state index is 13.5. The molecular weight excluding hydrogens is 271 g/mol. The van der Waals surface area contributed by atoms with Crippen molar-refractivity contribution in [3.63, 3.8) is 0 Å². The smallest absolute Gasteiger partial charge is 0.330 e. The van der Waals surface area contributed by atoms with E-state index in [1.807, 2.05) is 0 Å². The van der Waals surface area contributed by atoms with E-state index in [-0.39, 0.29) is 0 Å². The number of halogens is 3.